The van der Waals surface area contributed by atoms with Crippen molar-refractivity contribution in [3.8, 4) is 0 Å². The van der Waals surface area contributed by atoms with E-state index in [2.05, 4.69) is 26.1 Å². The Morgan fingerprint density at radius 3 is 2.04 bits per heavy atom. The lowest BCUT2D eigenvalue weighted by Crippen LogP contribution is -2.70. The van der Waals surface area contributed by atoms with Gasteiger partial charge in [0.25, 0.3) is 0 Å². The smallest absolute Gasteiger partial charge is 0.309 e. The van der Waals surface area contributed by atoms with Gasteiger partial charge >= 0.3 is 5.97 Å². The first kappa shape index (κ1) is 40.0. The molecule has 0 amide bonds. The molecule has 10 heteroatoms. The summed E-state index contributed by atoms with van der Waals surface area (Å²) >= 11 is 0. The normalized spacial score (nSPS) is 47.6. The molecule has 0 aromatic rings. The molecule has 2 saturated heterocycles. The number of nitrogens with one attached hydrogen (secondary N) is 1. The molecule has 2 aliphatic rings. The second-order valence-corrected chi connectivity index (χ2v) is 14.9. The molecule has 14 atom stereocenters. The number of methoxy groups -OCH3 is 2. The van der Waals surface area contributed by atoms with E-state index in [4.69, 9.17) is 18.9 Å². The van der Waals surface area contributed by atoms with Crippen molar-refractivity contribution in [2.24, 2.45) is 35.5 Å². The monoisotopic (exact) mass is 643 g/mol. The number of Topliss-reactive ketones (excluding diaryl/α,β-unsaturated/α-hetero) is 1. The van der Waals surface area contributed by atoms with E-state index in [-0.39, 0.29) is 30.6 Å². The van der Waals surface area contributed by atoms with E-state index in [0.29, 0.717) is 12.8 Å². The molecule has 2 aliphatic heterocycles. The minimum atomic E-state index is -1.87. The predicted octanol–water partition coefficient (Wildman–Crippen LogP) is 3.91. The number of rotatable bonds is 8. The van der Waals surface area contributed by atoms with Gasteiger partial charge in [-0.25, -0.2) is 0 Å². The number of aliphatic hydroxyl groups is 3. The van der Waals surface area contributed by atoms with E-state index in [1.807, 2.05) is 34.6 Å². The molecule has 264 valence electrons. The third-order valence-electron chi connectivity index (χ3n) is 12.0. The molecule has 0 bridgehead atoms. The van der Waals surface area contributed by atoms with Crippen LogP contribution in [-0.2, 0) is 28.5 Å². The Morgan fingerprint density at radius 2 is 1.53 bits per heavy atom. The van der Waals surface area contributed by atoms with E-state index < -0.39 is 76.5 Å². The van der Waals surface area contributed by atoms with Crippen LogP contribution in [0.3, 0.4) is 0 Å². The number of hydrogen-bond donors (Lipinski definition) is 4. The van der Waals surface area contributed by atoms with Gasteiger partial charge in [0.05, 0.1) is 35.4 Å². The number of carbonyl (C=O) groups excluding carboxylic acids is 2. The first-order valence-corrected chi connectivity index (χ1v) is 17.1. The molecular formula is C35H65NO9. The first-order chi connectivity index (χ1) is 20.7. The van der Waals surface area contributed by atoms with Crippen molar-refractivity contribution in [3.05, 3.63) is 0 Å². The van der Waals surface area contributed by atoms with Gasteiger partial charge in [-0.1, -0.05) is 48.5 Å². The van der Waals surface area contributed by atoms with E-state index >= 15 is 0 Å². The van der Waals surface area contributed by atoms with Gasteiger partial charge in [0.1, 0.15) is 23.1 Å². The third-order valence-corrected chi connectivity index (χ3v) is 12.0. The van der Waals surface area contributed by atoms with E-state index in [0.717, 1.165) is 13.0 Å². The van der Waals surface area contributed by atoms with Crippen LogP contribution in [-0.4, -0.2) is 101 Å². The minimum Gasteiger partial charge on any atom is -0.459 e. The third kappa shape index (κ3) is 7.79. The van der Waals surface area contributed by atoms with Crippen LogP contribution >= 0.6 is 0 Å². The lowest BCUT2D eigenvalue weighted by molar-refractivity contribution is -0.282. The van der Waals surface area contributed by atoms with Crippen LogP contribution in [0.25, 0.3) is 0 Å². The standard InChI is InChI=1S/C35H65NO9/c1-14-16-36-19-35(41)25(8)44-26(18-33(35,10)43-13)28-21(4)24(7)32(9,42-12)17-20(3)29(37)23(6)30(38)34(11,40)27(15-2)45-31(39)22(28)5/h20-28,30,36,38,40-41H,14-19H2,1-13H3/t20-,21-,22-,23+,24-,25+,26-,27-,28?,30-,32-,33-,34-,35-/m1/s1. The molecule has 45 heavy (non-hydrogen) atoms. The zero-order chi connectivity index (χ0) is 34.7. The summed E-state index contributed by atoms with van der Waals surface area (Å²) < 4.78 is 24.9. The Labute approximate surface area is 272 Å². The summed E-state index contributed by atoms with van der Waals surface area (Å²) in [6.07, 6.45) is -1.76. The zero-order valence-electron chi connectivity index (χ0n) is 30.3. The molecule has 1 unspecified atom stereocenters. The van der Waals surface area contributed by atoms with Crippen LogP contribution in [0.4, 0.5) is 0 Å². The molecule has 0 saturated carbocycles. The number of aliphatic hydroxyl groups excluding tert-OH is 1. The van der Waals surface area contributed by atoms with Crippen LogP contribution in [0.1, 0.15) is 102 Å². The van der Waals surface area contributed by atoms with Gasteiger partial charge in [0.2, 0.25) is 0 Å². The summed E-state index contributed by atoms with van der Waals surface area (Å²) in [4.78, 5) is 27.7. The van der Waals surface area contributed by atoms with Crippen LogP contribution in [0.15, 0.2) is 0 Å². The fourth-order valence-corrected chi connectivity index (χ4v) is 8.18. The van der Waals surface area contributed by atoms with Crippen molar-refractivity contribution in [3.63, 3.8) is 0 Å². The van der Waals surface area contributed by atoms with Crippen molar-refractivity contribution in [1.82, 2.24) is 5.32 Å². The van der Waals surface area contributed by atoms with Crippen LogP contribution in [0.2, 0.25) is 0 Å². The van der Waals surface area contributed by atoms with Crippen molar-refractivity contribution in [1.29, 1.82) is 0 Å². The molecule has 0 aliphatic carbocycles. The summed E-state index contributed by atoms with van der Waals surface area (Å²) in [6.45, 7) is 21.4. The van der Waals surface area contributed by atoms with Gasteiger partial charge in [-0.3, -0.25) is 9.59 Å². The maximum absolute atomic E-state index is 14.0. The molecule has 0 aromatic heterocycles. The van der Waals surface area contributed by atoms with Gasteiger partial charge < -0.3 is 39.6 Å². The van der Waals surface area contributed by atoms with Crippen molar-refractivity contribution in [2.75, 3.05) is 27.3 Å². The number of esters is 1. The molecule has 2 rings (SSSR count). The van der Waals surface area contributed by atoms with Crippen molar-refractivity contribution in [2.45, 2.75) is 149 Å². The summed E-state index contributed by atoms with van der Waals surface area (Å²) in [7, 11) is 3.23. The van der Waals surface area contributed by atoms with Crippen molar-refractivity contribution < 1.29 is 43.9 Å². The summed E-state index contributed by atoms with van der Waals surface area (Å²) in [5.74, 6) is -3.49. The molecule has 0 radical (unpaired) electrons. The summed E-state index contributed by atoms with van der Waals surface area (Å²) in [5, 5.41) is 38.1. The summed E-state index contributed by atoms with van der Waals surface area (Å²) in [6, 6.07) is 0. The lowest BCUT2D eigenvalue weighted by atomic mass is 9.63. The Hall–Kier alpha value is -1.14. The van der Waals surface area contributed by atoms with Gasteiger partial charge in [-0.2, -0.15) is 0 Å². The maximum Gasteiger partial charge on any atom is 0.309 e. The second kappa shape index (κ2) is 15.4. The molecule has 0 spiro atoms. The van der Waals surface area contributed by atoms with E-state index in [9.17, 15) is 24.9 Å². The van der Waals surface area contributed by atoms with Gasteiger partial charge in [0.15, 0.2) is 0 Å². The molecule has 2 fully saturated rings. The van der Waals surface area contributed by atoms with Gasteiger partial charge in [-0.15, -0.1) is 0 Å². The van der Waals surface area contributed by atoms with Gasteiger partial charge in [0, 0.05) is 44.9 Å². The topological polar surface area (TPSA) is 144 Å². The predicted molar refractivity (Wildman–Crippen MR) is 174 cm³/mol. The molecular weight excluding hydrogens is 578 g/mol. The number of ketones is 1. The minimum absolute atomic E-state index is 0.147. The van der Waals surface area contributed by atoms with Crippen LogP contribution in [0.5, 0.6) is 0 Å². The highest BCUT2D eigenvalue weighted by Crippen LogP contribution is 2.48. The van der Waals surface area contributed by atoms with E-state index in [1.54, 1.807) is 28.1 Å². The molecule has 0 aromatic carbocycles. The lowest BCUT2D eigenvalue weighted by Gasteiger charge is -2.56. The Morgan fingerprint density at radius 1 is 0.933 bits per heavy atom. The Kier molecular flexibility index (Phi) is 13.7. The fourth-order valence-electron chi connectivity index (χ4n) is 8.18. The molecule has 2 heterocycles. The largest absolute Gasteiger partial charge is 0.459 e. The summed E-state index contributed by atoms with van der Waals surface area (Å²) in [5.41, 5.74) is -4.96. The molecule has 10 nitrogen and oxygen atoms in total. The Bertz CT molecular complexity index is 992. The molecule has 4 N–H and O–H groups in total. The number of ether oxygens (including phenoxy) is 4. The van der Waals surface area contributed by atoms with Gasteiger partial charge in [-0.05, 0) is 65.3 Å². The average molecular weight is 644 g/mol. The second-order valence-electron chi connectivity index (χ2n) is 14.9. The quantitative estimate of drug-likeness (QED) is 0.227. The first-order valence-electron chi connectivity index (χ1n) is 17.1. The maximum atomic E-state index is 14.0. The Balaban J connectivity index is 2.69. The SMILES string of the molecule is CCCNC[C@@]1(O)[C@H](C)O[C@@H](C2[C@@H](C)C(=O)O[C@H](CC)[C@@](C)(O)[C@H](O)[C@@H](C)C(=O)[C@H](C)C[C@@](C)(OC)[C@H](C)[C@H]2C)C[C@@]1(C)OC. The van der Waals surface area contributed by atoms with Crippen molar-refractivity contribution >= 4 is 11.8 Å². The number of cyclic esters (lactones) is 1. The highest BCUT2D eigenvalue weighted by molar-refractivity contribution is 5.83. The van der Waals surface area contributed by atoms with E-state index in [1.165, 1.54) is 6.92 Å². The average Bonchev–Trinajstić information content (AvgIpc) is 3.00. The number of carbonyl (C=O) groups is 2. The highest BCUT2D eigenvalue weighted by Gasteiger charge is 2.59. The van der Waals surface area contributed by atoms with Crippen LogP contribution in [0, 0.1) is 35.5 Å². The number of hydrogen-bond acceptors (Lipinski definition) is 10. The fraction of sp³-hybridized carbons (Fsp3) is 0.943. The zero-order valence-corrected chi connectivity index (χ0v) is 30.3. The van der Waals surface area contributed by atoms with Crippen LogP contribution < -0.4 is 5.32 Å². The highest BCUT2D eigenvalue weighted by atomic mass is 16.6.